The van der Waals surface area contributed by atoms with Crippen LogP contribution in [0.5, 0.6) is 17.2 Å². The van der Waals surface area contributed by atoms with Gasteiger partial charge in [-0.15, -0.1) is 0 Å². The molecule has 0 spiro atoms. The van der Waals surface area contributed by atoms with Gasteiger partial charge < -0.3 is 18.9 Å². The second-order valence-corrected chi connectivity index (χ2v) is 8.95. The molecule has 0 fully saturated rings. The van der Waals surface area contributed by atoms with E-state index in [1.807, 2.05) is 13.8 Å². The molecule has 1 atom stereocenters. The van der Waals surface area contributed by atoms with Gasteiger partial charge in [0.15, 0.2) is 22.0 Å². The maximum Gasteiger partial charge on any atom is 0.337 e. The number of nitro groups is 1. The van der Waals surface area contributed by atoms with Crippen molar-refractivity contribution in [1.29, 1.82) is 0 Å². The lowest BCUT2D eigenvalue weighted by atomic mass is 9.97. The van der Waals surface area contributed by atoms with Crippen LogP contribution in [0.1, 0.15) is 31.0 Å². The van der Waals surface area contributed by atoms with Crippen LogP contribution in [0, 0.1) is 10.1 Å². The molecule has 0 saturated carbocycles. The monoisotopic (exact) mass is 539 g/mol. The molecule has 1 aliphatic rings. The van der Waals surface area contributed by atoms with Crippen molar-refractivity contribution in [2.24, 2.45) is 4.99 Å². The number of nitrogens with zero attached hydrogens (tertiary/aromatic N) is 3. The van der Waals surface area contributed by atoms with E-state index >= 15 is 0 Å². The number of hydrogen-bond acceptors (Lipinski definition) is 10. The Morgan fingerprint density at radius 1 is 1.11 bits per heavy atom. The van der Waals surface area contributed by atoms with Gasteiger partial charge in [-0.2, -0.15) is 0 Å². The van der Waals surface area contributed by atoms with Crippen molar-refractivity contribution < 1.29 is 28.7 Å². The van der Waals surface area contributed by atoms with Crippen molar-refractivity contribution in [2.45, 2.75) is 19.9 Å². The number of ether oxygens (including phenoxy) is 4. The molecule has 0 N–H and O–H groups in total. The Hall–Kier alpha value is -4.45. The lowest BCUT2D eigenvalue weighted by Crippen LogP contribution is -2.39. The Morgan fingerprint density at radius 2 is 1.82 bits per heavy atom. The minimum Gasteiger partial charge on any atom is -0.490 e. The summed E-state index contributed by atoms with van der Waals surface area (Å²) < 4.78 is 23.1. The number of rotatable bonds is 9. The van der Waals surface area contributed by atoms with Crippen LogP contribution in [0.3, 0.4) is 0 Å². The maximum absolute atomic E-state index is 13.7. The fourth-order valence-electron chi connectivity index (χ4n) is 4.08. The molecule has 38 heavy (non-hydrogen) atoms. The minimum atomic E-state index is -0.846. The fraction of sp³-hybridized carbons (Fsp3) is 0.269. The highest BCUT2D eigenvalue weighted by atomic mass is 32.1. The molecule has 12 heteroatoms. The number of methoxy groups -OCH3 is 2. The van der Waals surface area contributed by atoms with Gasteiger partial charge in [-0.25, -0.2) is 9.79 Å². The van der Waals surface area contributed by atoms with Crippen LogP contribution < -0.4 is 29.1 Å². The van der Waals surface area contributed by atoms with E-state index in [1.165, 1.54) is 37.1 Å². The number of esters is 1. The van der Waals surface area contributed by atoms with Gasteiger partial charge >= 0.3 is 11.7 Å². The van der Waals surface area contributed by atoms with Crippen LogP contribution in [0.2, 0.25) is 0 Å². The normalized spacial score (nSPS) is 14.7. The van der Waals surface area contributed by atoms with E-state index in [-0.39, 0.29) is 21.5 Å². The summed E-state index contributed by atoms with van der Waals surface area (Å²) >= 11 is 1.10. The zero-order valence-corrected chi connectivity index (χ0v) is 21.9. The highest BCUT2D eigenvalue weighted by molar-refractivity contribution is 7.07. The lowest BCUT2D eigenvalue weighted by Gasteiger charge is -2.23. The first-order valence-corrected chi connectivity index (χ1v) is 12.5. The Bertz CT molecular complexity index is 1610. The number of carbonyl (C=O) groups is 1. The van der Waals surface area contributed by atoms with Gasteiger partial charge in [0, 0.05) is 12.3 Å². The van der Waals surface area contributed by atoms with Crippen molar-refractivity contribution in [1.82, 2.24) is 4.57 Å². The molecule has 2 aromatic carbocycles. The van der Waals surface area contributed by atoms with E-state index < -0.39 is 22.5 Å². The van der Waals surface area contributed by atoms with Crippen LogP contribution >= 0.6 is 11.3 Å². The molecule has 0 amide bonds. The number of aromatic nitrogens is 1. The smallest absolute Gasteiger partial charge is 0.337 e. The second kappa shape index (κ2) is 11.3. The molecular formula is C26H25N3O8S. The lowest BCUT2D eigenvalue weighted by molar-refractivity contribution is -0.385. The largest absolute Gasteiger partial charge is 0.490 e. The zero-order chi connectivity index (χ0) is 27.4. The number of carbonyl (C=O) groups excluding carboxylic acids is 1. The molecule has 0 bridgehead atoms. The molecule has 11 nitrogen and oxygen atoms in total. The number of nitro benzene ring substituents is 1. The van der Waals surface area contributed by atoms with Crippen molar-refractivity contribution >= 4 is 29.1 Å². The average Bonchev–Trinajstić information content (AvgIpc) is 3.23. The third-order valence-electron chi connectivity index (χ3n) is 5.71. The molecule has 2 heterocycles. The summed E-state index contributed by atoms with van der Waals surface area (Å²) in [6, 6.07) is 8.77. The van der Waals surface area contributed by atoms with Gasteiger partial charge in [0.05, 0.1) is 48.5 Å². The Kier molecular flexibility index (Phi) is 7.91. The van der Waals surface area contributed by atoms with Crippen LogP contribution in [0.25, 0.3) is 6.08 Å². The Balaban J connectivity index is 1.90. The maximum atomic E-state index is 13.7. The number of thiazole rings is 1. The van der Waals surface area contributed by atoms with E-state index in [0.29, 0.717) is 40.6 Å². The van der Waals surface area contributed by atoms with Gasteiger partial charge in [-0.1, -0.05) is 23.5 Å². The van der Waals surface area contributed by atoms with E-state index in [9.17, 15) is 19.7 Å². The molecular weight excluding hydrogens is 514 g/mol. The van der Waals surface area contributed by atoms with Gasteiger partial charge in [-0.05, 0) is 49.2 Å². The van der Waals surface area contributed by atoms with Gasteiger partial charge in [-0.3, -0.25) is 19.5 Å². The van der Waals surface area contributed by atoms with Gasteiger partial charge in [0.25, 0.3) is 5.56 Å². The predicted molar refractivity (Wildman–Crippen MR) is 140 cm³/mol. The predicted octanol–water partition coefficient (Wildman–Crippen LogP) is 2.73. The molecule has 1 aliphatic heterocycles. The molecule has 0 aliphatic carbocycles. The van der Waals surface area contributed by atoms with Crippen molar-refractivity contribution in [3.8, 4) is 17.2 Å². The standard InChI is InChI=1S/C26H25N3O8S/c1-5-36-20-10-8-16(13-21(20)37-6-2)23-17(25(31)35-4)14-27-26-28(23)24(30)22(38-26)12-15-7-9-19(34-3)18(11-15)29(32)33/h7-14,23H,5-6H2,1-4H3/b22-12-/t23-/m0/s1. The average molecular weight is 540 g/mol. The summed E-state index contributed by atoms with van der Waals surface area (Å²) in [6.45, 7) is 4.53. The van der Waals surface area contributed by atoms with Crippen LogP contribution in [-0.4, -0.2) is 42.9 Å². The van der Waals surface area contributed by atoms with Crippen LogP contribution in [0.15, 0.2) is 58.0 Å². The molecule has 3 aromatic rings. The number of benzene rings is 2. The molecule has 0 radical (unpaired) electrons. The van der Waals surface area contributed by atoms with E-state index in [1.54, 1.807) is 30.3 Å². The minimum absolute atomic E-state index is 0.108. The summed E-state index contributed by atoms with van der Waals surface area (Å²) in [6.07, 6.45) is 2.93. The van der Waals surface area contributed by atoms with E-state index in [2.05, 4.69) is 4.99 Å². The summed E-state index contributed by atoms with van der Waals surface area (Å²) in [7, 11) is 2.60. The first kappa shape index (κ1) is 26.6. The quantitative estimate of drug-likeness (QED) is 0.230. The van der Waals surface area contributed by atoms with Crippen LogP contribution in [-0.2, 0) is 9.53 Å². The Labute approximate surface area is 221 Å². The Morgan fingerprint density at radius 3 is 2.47 bits per heavy atom. The van der Waals surface area contributed by atoms with E-state index in [4.69, 9.17) is 18.9 Å². The SMILES string of the molecule is CCOc1ccc([C@H]2C(C(=O)OC)=CN=c3s/c(=C\c4ccc(OC)c([N+](=O)[O-])c4)c(=O)n32)cc1OCC. The summed E-state index contributed by atoms with van der Waals surface area (Å²) in [5.41, 5.74) is 0.553. The first-order chi connectivity index (χ1) is 18.3. The topological polar surface area (TPSA) is 131 Å². The summed E-state index contributed by atoms with van der Waals surface area (Å²) in [4.78, 5) is 42.0. The second-order valence-electron chi connectivity index (χ2n) is 7.94. The molecule has 0 saturated heterocycles. The van der Waals surface area contributed by atoms with Crippen molar-refractivity contribution in [2.75, 3.05) is 27.4 Å². The van der Waals surface area contributed by atoms with Gasteiger partial charge in [0.1, 0.15) is 0 Å². The van der Waals surface area contributed by atoms with Crippen molar-refractivity contribution in [3.63, 3.8) is 0 Å². The number of fused-ring (bicyclic) bond motifs is 1. The van der Waals surface area contributed by atoms with Crippen molar-refractivity contribution in [3.05, 3.63) is 89.1 Å². The fourth-order valence-corrected chi connectivity index (χ4v) is 5.05. The molecule has 198 valence electrons. The zero-order valence-electron chi connectivity index (χ0n) is 21.1. The highest BCUT2D eigenvalue weighted by Gasteiger charge is 2.31. The molecule has 4 rings (SSSR count). The third kappa shape index (κ3) is 5.02. The molecule has 0 unspecified atom stereocenters. The number of hydrogen-bond donors (Lipinski definition) is 0. The third-order valence-corrected chi connectivity index (χ3v) is 6.70. The van der Waals surface area contributed by atoms with E-state index in [0.717, 1.165) is 11.3 Å². The van der Waals surface area contributed by atoms with Crippen LogP contribution in [0.4, 0.5) is 5.69 Å². The molecule has 1 aromatic heterocycles. The summed E-state index contributed by atoms with van der Waals surface area (Å²) in [5.74, 6) is 0.485. The first-order valence-electron chi connectivity index (χ1n) is 11.6. The summed E-state index contributed by atoms with van der Waals surface area (Å²) in [5, 5.41) is 11.4. The van der Waals surface area contributed by atoms with Gasteiger partial charge in [0.2, 0.25) is 0 Å². The highest BCUT2D eigenvalue weighted by Crippen LogP contribution is 2.35.